The SMILES string of the molecule is CN(C)S(=O)(=O)c1ccccc1CN1C(=O)C(Cc2ccncc2)(Cc2ccncc2)c2ccc(-c3ccc(/C=N\O)cc3)cc21. The Bertz CT molecular complexity index is 1960. The molecule has 3 aromatic carbocycles. The van der Waals surface area contributed by atoms with Gasteiger partial charge in [-0.2, -0.15) is 0 Å². The first-order chi connectivity index (χ1) is 22.2. The molecule has 1 aliphatic heterocycles. The number of fused-ring (bicyclic) bond motifs is 1. The smallest absolute Gasteiger partial charge is 0.242 e. The fourth-order valence-corrected chi connectivity index (χ4v) is 7.27. The average molecular weight is 632 g/mol. The molecule has 46 heavy (non-hydrogen) atoms. The van der Waals surface area contributed by atoms with Gasteiger partial charge in [0.15, 0.2) is 0 Å². The standard InChI is InChI=1S/C36H33N5O4S/c1-40(2)46(44,45)34-6-4-3-5-31(34)25-41-33-21-30(29-9-7-28(8-10-29)24-39-43)11-12-32(33)36(35(41)42,22-26-13-17-37-18-14-26)23-27-15-19-38-20-16-27/h3-21,24,43H,22-23,25H2,1-2H3/b39-24-. The maximum absolute atomic E-state index is 15.1. The van der Waals surface area contributed by atoms with E-state index in [1.807, 2.05) is 66.7 Å². The minimum atomic E-state index is -3.78. The van der Waals surface area contributed by atoms with Gasteiger partial charge in [-0.1, -0.05) is 59.8 Å². The van der Waals surface area contributed by atoms with Crippen molar-refractivity contribution in [3.8, 4) is 11.1 Å². The van der Waals surface area contributed by atoms with Gasteiger partial charge in [-0.05, 0) is 88.2 Å². The number of aromatic nitrogens is 2. The fraction of sp³-hybridized carbons (Fsp3) is 0.167. The highest BCUT2D eigenvalue weighted by Crippen LogP contribution is 2.48. The lowest BCUT2D eigenvalue weighted by Gasteiger charge is -2.30. The van der Waals surface area contributed by atoms with Crippen LogP contribution in [0.1, 0.15) is 27.8 Å². The number of hydrogen-bond donors (Lipinski definition) is 1. The number of rotatable bonds is 10. The summed E-state index contributed by atoms with van der Waals surface area (Å²) in [6, 6.07) is 28.1. The molecule has 6 rings (SSSR count). The highest BCUT2D eigenvalue weighted by atomic mass is 32.2. The Labute approximate surface area is 268 Å². The molecule has 1 N–H and O–H groups in total. The second kappa shape index (κ2) is 12.7. The second-order valence-electron chi connectivity index (χ2n) is 11.5. The summed E-state index contributed by atoms with van der Waals surface area (Å²) in [7, 11) is -0.775. The summed E-state index contributed by atoms with van der Waals surface area (Å²) >= 11 is 0. The molecule has 0 saturated carbocycles. The van der Waals surface area contributed by atoms with Crippen molar-refractivity contribution in [2.75, 3.05) is 19.0 Å². The van der Waals surface area contributed by atoms with Crippen molar-refractivity contribution in [2.24, 2.45) is 5.16 Å². The third-order valence-electron chi connectivity index (χ3n) is 8.48. The topological polar surface area (TPSA) is 116 Å². The Balaban J connectivity index is 1.54. The molecule has 0 atom stereocenters. The first kappa shape index (κ1) is 30.8. The number of oxime groups is 1. The lowest BCUT2D eigenvalue weighted by molar-refractivity contribution is -0.123. The van der Waals surface area contributed by atoms with Crippen LogP contribution in [-0.4, -0.2) is 54.1 Å². The molecular weight excluding hydrogens is 598 g/mol. The summed E-state index contributed by atoms with van der Waals surface area (Å²) in [6.07, 6.45) is 9.11. The van der Waals surface area contributed by atoms with Crippen molar-refractivity contribution in [3.63, 3.8) is 0 Å². The van der Waals surface area contributed by atoms with Gasteiger partial charge in [0.25, 0.3) is 0 Å². The summed E-state index contributed by atoms with van der Waals surface area (Å²) < 4.78 is 27.9. The Morgan fingerprint density at radius 2 is 1.41 bits per heavy atom. The zero-order chi connectivity index (χ0) is 32.3. The molecule has 0 bridgehead atoms. The van der Waals surface area contributed by atoms with Gasteiger partial charge in [0.2, 0.25) is 15.9 Å². The molecule has 1 amide bonds. The summed E-state index contributed by atoms with van der Waals surface area (Å²) in [5.74, 6) is -0.111. The number of benzene rings is 3. The quantitative estimate of drug-likeness (QED) is 0.124. The van der Waals surface area contributed by atoms with E-state index < -0.39 is 15.4 Å². The molecule has 232 valence electrons. The van der Waals surface area contributed by atoms with E-state index in [1.165, 1.54) is 24.6 Å². The number of carbonyl (C=O) groups is 1. The number of amides is 1. The molecule has 0 aliphatic carbocycles. The third-order valence-corrected chi connectivity index (χ3v) is 10.4. The van der Waals surface area contributed by atoms with Crippen molar-refractivity contribution >= 4 is 27.8 Å². The predicted molar refractivity (Wildman–Crippen MR) is 177 cm³/mol. The van der Waals surface area contributed by atoms with Gasteiger partial charge in [-0.15, -0.1) is 0 Å². The van der Waals surface area contributed by atoms with Crippen molar-refractivity contribution in [2.45, 2.75) is 29.7 Å². The third kappa shape index (κ3) is 5.80. The van der Waals surface area contributed by atoms with Crippen LogP contribution >= 0.6 is 0 Å². The summed E-state index contributed by atoms with van der Waals surface area (Å²) in [6.45, 7) is 0.0683. The molecule has 0 radical (unpaired) electrons. The number of pyridine rings is 2. The van der Waals surface area contributed by atoms with Gasteiger partial charge >= 0.3 is 0 Å². The van der Waals surface area contributed by atoms with Gasteiger partial charge in [-0.3, -0.25) is 14.8 Å². The van der Waals surface area contributed by atoms with E-state index in [9.17, 15) is 8.42 Å². The second-order valence-corrected chi connectivity index (χ2v) is 13.7. The highest BCUT2D eigenvalue weighted by molar-refractivity contribution is 7.89. The van der Waals surface area contributed by atoms with Crippen LogP contribution in [0.3, 0.4) is 0 Å². The number of nitrogens with zero attached hydrogens (tertiary/aromatic N) is 5. The van der Waals surface area contributed by atoms with Crippen LogP contribution in [0.2, 0.25) is 0 Å². The van der Waals surface area contributed by atoms with E-state index >= 15 is 4.79 Å². The van der Waals surface area contributed by atoms with E-state index in [2.05, 4.69) is 15.1 Å². The largest absolute Gasteiger partial charge is 0.411 e. The number of carbonyl (C=O) groups excluding carboxylic acids is 1. The van der Waals surface area contributed by atoms with E-state index in [1.54, 1.807) is 54.0 Å². The average Bonchev–Trinajstić information content (AvgIpc) is 3.28. The normalized spacial score (nSPS) is 14.2. The molecular formula is C36H33N5O4S. The van der Waals surface area contributed by atoms with Gasteiger partial charge in [0, 0.05) is 44.6 Å². The maximum atomic E-state index is 15.1. The zero-order valence-corrected chi connectivity index (χ0v) is 26.3. The first-order valence-electron chi connectivity index (χ1n) is 14.8. The Kier molecular flexibility index (Phi) is 8.48. The molecule has 0 saturated heterocycles. The highest BCUT2D eigenvalue weighted by Gasteiger charge is 2.51. The minimum Gasteiger partial charge on any atom is -0.411 e. The molecule has 10 heteroatoms. The first-order valence-corrected chi connectivity index (χ1v) is 16.2. The Morgan fingerprint density at radius 3 is 2.00 bits per heavy atom. The van der Waals surface area contributed by atoms with Crippen molar-refractivity contribution in [3.05, 3.63) is 144 Å². The minimum absolute atomic E-state index is 0.0683. The van der Waals surface area contributed by atoms with Gasteiger partial charge < -0.3 is 10.1 Å². The predicted octanol–water partition coefficient (Wildman–Crippen LogP) is 5.47. The van der Waals surface area contributed by atoms with E-state index in [0.717, 1.165) is 39.1 Å². The lowest BCUT2D eigenvalue weighted by atomic mass is 9.72. The van der Waals surface area contributed by atoms with Crippen LogP contribution in [0.4, 0.5) is 5.69 Å². The molecule has 1 aliphatic rings. The van der Waals surface area contributed by atoms with Gasteiger partial charge in [0.1, 0.15) is 0 Å². The van der Waals surface area contributed by atoms with Crippen LogP contribution < -0.4 is 4.90 Å². The molecule has 3 heterocycles. The van der Waals surface area contributed by atoms with E-state index in [0.29, 0.717) is 18.4 Å². The summed E-state index contributed by atoms with van der Waals surface area (Å²) in [5.41, 5.74) is 5.62. The summed E-state index contributed by atoms with van der Waals surface area (Å²) in [5, 5.41) is 12.0. The lowest BCUT2D eigenvalue weighted by Crippen LogP contribution is -2.43. The summed E-state index contributed by atoms with van der Waals surface area (Å²) in [4.78, 5) is 25.3. The van der Waals surface area contributed by atoms with Crippen molar-refractivity contribution in [1.29, 1.82) is 0 Å². The zero-order valence-electron chi connectivity index (χ0n) is 25.5. The van der Waals surface area contributed by atoms with Crippen LogP contribution in [-0.2, 0) is 39.6 Å². The van der Waals surface area contributed by atoms with E-state index in [-0.39, 0.29) is 17.3 Å². The monoisotopic (exact) mass is 631 g/mol. The van der Waals surface area contributed by atoms with Crippen LogP contribution in [0.15, 0.2) is 126 Å². The molecule has 0 fully saturated rings. The molecule has 9 nitrogen and oxygen atoms in total. The van der Waals surface area contributed by atoms with Crippen LogP contribution in [0.25, 0.3) is 11.1 Å². The number of sulfonamides is 1. The van der Waals surface area contributed by atoms with Gasteiger partial charge in [0.05, 0.1) is 23.1 Å². The Hall–Kier alpha value is -5.19. The van der Waals surface area contributed by atoms with Gasteiger partial charge in [-0.25, -0.2) is 12.7 Å². The molecule has 0 spiro atoms. The maximum Gasteiger partial charge on any atom is 0.242 e. The number of hydrogen-bond acceptors (Lipinski definition) is 7. The van der Waals surface area contributed by atoms with Crippen LogP contribution in [0, 0.1) is 0 Å². The fourth-order valence-electron chi connectivity index (χ4n) is 6.16. The van der Waals surface area contributed by atoms with Crippen LogP contribution in [0.5, 0.6) is 0 Å². The molecule has 5 aromatic rings. The Morgan fingerprint density at radius 1 is 0.826 bits per heavy atom. The molecule has 2 aromatic heterocycles. The van der Waals surface area contributed by atoms with Crippen molar-refractivity contribution in [1.82, 2.24) is 14.3 Å². The molecule has 0 unspecified atom stereocenters. The van der Waals surface area contributed by atoms with E-state index in [4.69, 9.17) is 5.21 Å². The van der Waals surface area contributed by atoms with Crippen molar-refractivity contribution < 1.29 is 18.4 Å². The number of anilines is 1.